The minimum Gasteiger partial charge on any atom is -0.309 e. The number of nitrogens with one attached hydrogen (secondary N) is 1. The molecule has 7 nitrogen and oxygen atoms in total. The Morgan fingerprint density at radius 2 is 1.80 bits per heavy atom. The van der Waals surface area contributed by atoms with E-state index < -0.39 is 10.0 Å². The van der Waals surface area contributed by atoms with Gasteiger partial charge in [-0.25, -0.2) is 13.4 Å². The molecule has 8 heteroatoms. The number of aryl methyl sites for hydroxylation is 1. The molecule has 1 N–H and O–H groups in total. The number of H-pyrrole nitrogens is 1. The Morgan fingerprint density at radius 3 is 2.50 bits per heavy atom. The number of para-hydroxylation sites is 1. The van der Waals surface area contributed by atoms with Gasteiger partial charge in [0.05, 0.1) is 21.8 Å². The largest absolute Gasteiger partial charge is 0.309 e. The van der Waals surface area contributed by atoms with Gasteiger partial charge in [-0.2, -0.15) is 4.31 Å². The van der Waals surface area contributed by atoms with E-state index in [0.29, 0.717) is 41.3 Å². The van der Waals surface area contributed by atoms with Gasteiger partial charge in [-0.1, -0.05) is 29.8 Å². The third kappa shape index (κ3) is 3.78. The normalized spacial score (nSPS) is 19.8. The standard InChI is InChI=1S/C22H26N4O3S/c1-15-8-10-18(11-9-15)30(28,29)26-13-12-25(14-16(26)2)17(3)21-23-20-7-5-4-6-19(20)22(27)24-21/h4-11,16-17H,12-14H2,1-3H3,(H,23,24,27). The Balaban J connectivity index is 1.54. The highest BCUT2D eigenvalue weighted by Gasteiger charge is 2.35. The number of nitrogens with zero attached hydrogens (tertiary/aromatic N) is 3. The van der Waals surface area contributed by atoms with Crippen LogP contribution >= 0.6 is 0 Å². The summed E-state index contributed by atoms with van der Waals surface area (Å²) in [6.07, 6.45) is 0. The smallest absolute Gasteiger partial charge is 0.258 e. The van der Waals surface area contributed by atoms with E-state index in [1.165, 1.54) is 0 Å². The number of aromatic nitrogens is 2. The molecule has 1 aliphatic rings. The third-order valence-electron chi connectivity index (χ3n) is 5.80. The molecule has 1 saturated heterocycles. The summed E-state index contributed by atoms with van der Waals surface area (Å²) in [5, 5.41) is 0.566. The summed E-state index contributed by atoms with van der Waals surface area (Å²) in [4.78, 5) is 22.4. The molecule has 2 heterocycles. The van der Waals surface area contributed by atoms with Crippen LogP contribution < -0.4 is 5.56 Å². The van der Waals surface area contributed by atoms with Gasteiger partial charge in [-0.15, -0.1) is 0 Å². The topological polar surface area (TPSA) is 86.4 Å². The molecule has 2 aromatic carbocycles. The molecule has 0 spiro atoms. The molecule has 0 saturated carbocycles. The summed E-state index contributed by atoms with van der Waals surface area (Å²) >= 11 is 0. The van der Waals surface area contributed by atoms with Gasteiger partial charge in [0.1, 0.15) is 5.82 Å². The van der Waals surface area contributed by atoms with Crippen LogP contribution in [0.25, 0.3) is 10.9 Å². The predicted octanol–water partition coefficient (Wildman–Crippen LogP) is 2.69. The van der Waals surface area contributed by atoms with Crippen molar-refractivity contribution >= 4 is 20.9 Å². The number of benzene rings is 2. The summed E-state index contributed by atoms with van der Waals surface area (Å²) < 4.78 is 27.8. The zero-order chi connectivity index (χ0) is 21.5. The lowest BCUT2D eigenvalue weighted by Crippen LogP contribution is -2.54. The Kier molecular flexibility index (Phi) is 5.48. The number of rotatable bonds is 4. The van der Waals surface area contributed by atoms with Gasteiger partial charge in [0.2, 0.25) is 10.0 Å². The molecule has 0 amide bonds. The monoisotopic (exact) mass is 426 g/mol. The number of aromatic amines is 1. The van der Waals surface area contributed by atoms with Gasteiger partial charge >= 0.3 is 0 Å². The highest BCUT2D eigenvalue weighted by Crippen LogP contribution is 2.26. The summed E-state index contributed by atoms with van der Waals surface area (Å²) in [7, 11) is -3.54. The van der Waals surface area contributed by atoms with E-state index in [9.17, 15) is 13.2 Å². The Morgan fingerprint density at radius 1 is 1.10 bits per heavy atom. The molecule has 30 heavy (non-hydrogen) atoms. The second kappa shape index (κ2) is 7.94. The summed E-state index contributed by atoms with van der Waals surface area (Å²) in [5.74, 6) is 0.598. The maximum Gasteiger partial charge on any atom is 0.258 e. The van der Waals surface area contributed by atoms with Crippen LogP contribution in [0, 0.1) is 6.92 Å². The number of sulfonamides is 1. The van der Waals surface area contributed by atoms with Crippen LogP contribution in [0.3, 0.4) is 0 Å². The zero-order valence-corrected chi connectivity index (χ0v) is 18.2. The number of fused-ring (bicyclic) bond motifs is 1. The highest BCUT2D eigenvalue weighted by atomic mass is 32.2. The van der Waals surface area contributed by atoms with Crippen molar-refractivity contribution in [3.05, 3.63) is 70.3 Å². The average Bonchev–Trinajstić information content (AvgIpc) is 2.73. The third-order valence-corrected chi connectivity index (χ3v) is 7.83. The molecule has 2 atom stereocenters. The first-order valence-electron chi connectivity index (χ1n) is 10.1. The number of hydrogen-bond acceptors (Lipinski definition) is 5. The van der Waals surface area contributed by atoms with E-state index in [0.717, 1.165) is 5.56 Å². The fourth-order valence-corrected chi connectivity index (χ4v) is 5.61. The summed E-state index contributed by atoms with van der Waals surface area (Å²) in [5.41, 5.74) is 1.53. The average molecular weight is 427 g/mol. The fraction of sp³-hybridized carbons (Fsp3) is 0.364. The van der Waals surface area contributed by atoms with Crippen molar-refractivity contribution in [3.8, 4) is 0 Å². The van der Waals surface area contributed by atoms with E-state index in [-0.39, 0.29) is 17.6 Å². The lowest BCUT2D eigenvalue weighted by molar-refractivity contribution is 0.106. The van der Waals surface area contributed by atoms with Crippen LogP contribution in [-0.4, -0.2) is 53.3 Å². The summed E-state index contributed by atoms with van der Waals surface area (Å²) in [6, 6.07) is 13.9. The first-order valence-corrected chi connectivity index (χ1v) is 11.5. The predicted molar refractivity (Wildman–Crippen MR) is 117 cm³/mol. The number of hydrogen-bond donors (Lipinski definition) is 1. The van der Waals surface area contributed by atoms with Gasteiger partial charge in [0.25, 0.3) is 5.56 Å². The minimum absolute atomic E-state index is 0.131. The van der Waals surface area contributed by atoms with Crippen molar-refractivity contribution in [3.63, 3.8) is 0 Å². The Hall–Kier alpha value is -2.55. The van der Waals surface area contributed by atoms with Crippen LogP contribution in [-0.2, 0) is 10.0 Å². The Bertz CT molecular complexity index is 1220. The maximum atomic E-state index is 13.1. The molecule has 158 valence electrons. The SMILES string of the molecule is Cc1ccc(S(=O)(=O)N2CCN(C(C)c3nc4ccccc4c(=O)[nH]3)CC2C)cc1. The van der Waals surface area contributed by atoms with Gasteiger partial charge < -0.3 is 4.98 Å². The van der Waals surface area contributed by atoms with E-state index in [1.807, 2.05) is 51.1 Å². The first-order chi connectivity index (χ1) is 14.3. The molecule has 0 radical (unpaired) electrons. The van der Waals surface area contributed by atoms with Gasteiger partial charge in [-0.3, -0.25) is 9.69 Å². The second-order valence-corrected chi connectivity index (χ2v) is 9.81. The van der Waals surface area contributed by atoms with Crippen LogP contribution in [0.2, 0.25) is 0 Å². The molecule has 1 aliphatic heterocycles. The van der Waals surface area contributed by atoms with Crippen molar-refractivity contribution < 1.29 is 8.42 Å². The van der Waals surface area contributed by atoms with E-state index in [4.69, 9.17) is 0 Å². The lowest BCUT2D eigenvalue weighted by Gasteiger charge is -2.41. The van der Waals surface area contributed by atoms with E-state index in [2.05, 4.69) is 14.9 Å². The van der Waals surface area contributed by atoms with Crippen molar-refractivity contribution in [1.29, 1.82) is 0 Å². The molecule has 3 aromatic rings. The summed E-state index contributed by atoms with van der Waals surface area (Å²) in [6.45, 7) is 7.35. The molecule has 1 aromatic heterocycles. The van der Waals surface area contributed by atoms with Gasteiger partial charge in [0.15, 0.2) is 0 Å². The van der Waals surface area contributed by atoms with E-state index in [1.54, 1.807) is 22.5 Å². The fourth-order valence-electron chi connectivity index (χ4n) is 4.00. The molecule has 0 bridgehead atoms. The van der Waals surface area contributed by atoms with Crippen LogP contribution in [0.5, 0.6) is 0 Å². The second-order valence-electron chi connectivity index (χ2n) is 7.92. The van der Waals surface area contributed by atoms with Crippen LogP contribution in [0.4, 0.5) is 0 Å². The molecular weight excluding hydrogens is 400 g/mol. The first kappa shape index (κ1) is 20.7. The maximum absolute atomic E-state index is 13.1. The van der Waals surface area contributed by atoms with Crippen molar-refractivity contribution in [2.75, 3.05) is 19.6 Å². The molecule has 0 aliphatic carbocycles. The van der Waals surface area contributed by atoms with Crippen molar-refractivity contribution in [2.45, 2.75) is 37.8 Å². The number of piperazine rings is 1. The lowest BCUT2D eigenvalue weighted by atomic mass is 10.1. The molecule has 1 fully saturated rings. The van der Waals surface area contributed by atoms with Crippen molar-refractivity contribution in [1.82, 2.24) is 19.2 Å². The highest BCUT2D eigenvalue weighted by molar-refractivity contribution is 7.89. The Labute approximate surface area is 176 Å². The van der Waals surface area contributed by atoms with E-state index >= 15 is 0 Å². The van der Waals surface area contributed by atoms with Gasteiger partial charge in [0, 0.05) is 25.7 Å². The van der Waals surface area contributed by atoms with Crippen LogP contribution in [0.1, 0.15) is 31.3 Å². The molecule has 2 unspecified atom stereocenters. The minimum atomic E-state index is -3.54. The molecular formula is C22H26N4O3S. The quantitative estimate of drug-likeness (QED) is 0.693. The molecule has 4 rings (SSSR count). The van der Waals surface area contributed by atoms with Crippen LogP contribution in [0.15, 0.2) is 58.2 Å². The van der Waals surface area contributed by atoms with Crippen molar-refractivity contribution in [2.24, 2.45) is 0 Å². The van der Waals surface area contributed by atoms with Gasteiger partial charge in [-0.05, 0) is 45.0 Å². The zero-order valence-electron chi connectivity index (χ0n) is 17.4.